The number of aryl methyl sites for hydroxylation is 2. The van der Waals surface area contributed by atoms with E-state index in [9.17, 15) is 13.2 Å². The monoisotopic (exact) mass is 422 g/mol. The molecule has 0 unspecified atom stereocenters. The van der Waals surface area contributed by atoms with Crippen LogP contribution in [0.25, 0.3) is 0 Å². The molecule has 0 aliphatic heterocycles. The summed E-state index contributed by atoms with van der Waals surface area (Å²) < 4.78 is 33.2. The van der Waals surface area contributed by atoms with Crippen molar-refractivity contribution < 1.29 is 17.7 Å². The van der Waals surface area contributed by atoms with E-state index in [4.69, 9.17) is 4.52 Å². The number of hydrogen-bond donors (Lipinski definition) is 2. The molecule has 29 heavy (non-hydrogen) atoms. The molecule has 0 saturated heterocycles. The van der Waals surface area contributed by atoms with Gasteiger partial charge >= 0.3 is 0 Å². The van der Waals surface area contributed by atoms with Crippen LogP contribution in [0.3, 0.4) is 0 Å². The van der Waals surface area contributed by atoms with Crippen molar-refractivity contribution in [1.29, 1.82) is 0 Å². The molecular formula is C20H30N4O4S. The van der Waals surface area contributed by atoms with Crippen LogP contribution < -0.4 is 10.0 Å². The number of aromatic nitrogens is 2. The van der Waals surface area contributed by atoms with Gasteiger partial charge in [-0.1, -0.05) is 5.16 Å². The predicted octanol–water partition coefficient (Wildman–Crippen LogP) is 2.34. The predicted molar refractivity (Wildman–Crippen MR) is 110 cm³/mol. The van der Waals surface area contributed by atoms with E-state index in [1.54, 1.807) is 6.92 Å². The highest BCUT2D eigenvalue weighted by molar-refractivity contribution is 7.89. The van der Waals surface area contributed by atoms with E-state index in [-0.39, 0.29) is 18.9 Å². The molecule has 160 valence electrons. The Bertz CT molecular complexity index is 967. The van der Waals surface area contributed by atoms with Gasteiger partial charge in [0.05, 0.1) is 4.90 Å². The molecule has 1 aromatic heterocycles. The number of carbonyl (C=O) groups excluding carboxylic acids is 1. The molecule has 2 aromatic rings. The molecule has 0 saturated carbocycles. The maximum atomic E-state index is 12.8. The Balaban J connectivity index is 1.85. The van der Waals surface area contributed by atoms with Gasteiger partial charge in [0, 0.05) is 25.9 Å². The van der Waals surface area contributed by atoms with Crippen molar-refractivity contribution in [1.82, 2.24) is 20.2 Å². The SMILES string of the molecule is Cc1noc(CCCNC(=O)CCNS(=O)(=O)c2c(C)c(C)c(C)c(C)c2C)n1. The van der Waals surface area contributed by atoms with Gasteiger partial charge in [-0.15, -0.1) is 0 Å². The summed E-state index contributed by atoms with van der Waals surface area (Å²) in [5.74, 6) is 0.916. The lowest BCUT2D eigenvalue weighted by Gasteiger charge is -2.19. The van der Waals surface area contributed by atoms with Gasteiger partial charge in [0.25, 0.3) is 0 Å². The minimum Gasteiger partial charge on any atom is -0.356 e. The molecule has 0 radical (unpaired) electrons. The summed E-state index contributed by atoms with van der Waals surface area (Å²) in [7, 11) is -3.70. The molecule has 1 heterocycles. The number of benzene rings is 1. The number of sulfonamides is 1. The third kappa shape index (κ3) is 5.63. The van der Waals surface area contributed by atoms with Gasteiger partial charge in [0.2, 0.25) is 21.8 Å². The highest BCUT2D eigenvalue weighted by Gasteiger charge is 2.23. The van der Waals surface area contributed by atoms with Crippen LogP contribution in [0.4, 0.5) is 0 Å². The number of carbonyl (C=O) groups is 1. The molecule has 0 spiro atoms. The first-order chi connectivity index (χ1) is 13.5. The van der Waals surface area contributed by atoms with E-state index >= 15 is 0 Å². The smallest absolute Gasteiger partial charge is 0.241 e. The first kappa shape index (κ1) is 23.0. The zero-order valence-corrected chi connectivity index (χ0v) is 18.8. The Kier molecular flexibility index (Phi) is 7.54. The van der Waals surface area contributed by atoms with E-state index in [0.29, 0.717) is 36.0 Å². The molecule has 0 aliphatic rings. The molecule has 1 aromatic carbocycles. The fourth-order valence-corrected chi connectivity index (χ4v) is 4.86. The van der Waals surface area contributed by atoms with E-state index in [2.05, 4.69) is 20.2 Å². The Morgan fingerprint density at radius 3 is 2.07 bits per heavy atom. The Hall–Kier alpha value is -2.26. The summed E-state index contributed by atoms with van der Waals surface area (Å²) in [6, 6.07) is 0. The summed E-state index contributed by atoms with van der Waals surface area (Å²) in [6.45, 7) is 11.8. The fraction of sp³-hybridized carbons (Fsp3) is 0.550. The lowest BCUT2D eigenvalue weighted by Crippen LogP contribution is -2.32. The Labute approximate surface area is 172 Å². The molecule has 1 amide bonds. The van der Waals surface area contributed by atoms with Crippen LogP contribution in [0.15, 0.2) is 9.42 Å². The maximum absolute atomic E-state index is 12.8. The number of amides is 1. The van der Waals surface area contributed by atoms with Crippen molar-refractivity contribution in [3.8, 4) is 0 Å². The van der Waals surface area contributed by atoms with Crippen LogP contribution in [0.5, 0.6) is 0 Å². The third-order valence-corrected chi connectivity index (χ3v) is 7.04. The van der Waals surface area contributed by atoms with E-state index in [1.807, 2.05) is 34.6 Å². The van der Waals surface area contributed by atoms with Crippen LogP contribution in [-0.2, 0) is 21.2 Å². The largest absolute Gasteiger partial charge is 0.356 e. The minimum absolute atomic E-state index is 0.0435. The topological polar surface area (TPSA) is 114 Å². The minimum atomic E-state index is -3.70. The van der Waals surface area contributed by atoms with Crippen molar-refractivity contribution in [3.63, 3.8) is 0 Å². The standard InChI is InChI=1S/C20H30N4O4S/c1-12-13(2)15(4)20(16(5)14(12)3)29(26,27)22-11-9-18(25)21-10-7-8-19-23-17(6)24-28-19/h22H,7-11H2,1-6H3,(H,21,25). The van der Waals surface area contributed by atoms with E-state index in [0.717, 1.165) is 27.8 Å². The average Bonchev–Trinajstić information content (AvgIpc) is 3.07. The van der Waals surface area contributed by atoms with Crippen LogP contribution >= 0.6 is 0 Å². The van der Waals surface area contributed by atoms with Crippen molar-refractivity contribution in [2.75, 3.05) is 13.1 Å². The van der Waals surface area contributed by atoms with Gasteiger partial charge in [0.15, 0.2) is 5.82 Å². The third-order valence-electron chi connectivity index (χ3n) is 5.30. The summed E-state index contributed by atoms with van der Waals surface area (Å²) in [4.78, 5) is 16.4. The van der Waals surface area contributed by atoms with Crippen molar-refractivity contribution in [3.05, 3.63) is 39.5 Å². The van der Waals surface area contributed by atoms with Crippen LogP contribution in [0.1, 0.15) is 52.4 Å². The van der Waals surface area contributed by atoms with Gasteiger partial charge in [-0.3, -0.25) is 4.79 Å². The molecule has 9 heteroatoms. The molecule has 8 nitrogen and oxygen atoms in total. The first-order valence-electron chi connectivity index (χ1n) is 9.67. The summed E-state index contributed by atoms with van der Waals surface area (Å²) in [5.41, 5.74) is 4.55. The van der Waals surface area contributed by atoms with Crippen LogP contribution in [0.2, 0.25) is 0 Å². The molecule has 0 aliphatic carbocycles. The van der Waals surface area contributed by atoms with Crippen LogP contribution in [0, 0.1) is 41.5 Å². The van der Waals surface area contributed by atoms with E-state index < -0.39 is 10.0 Å². The van der Waals surface area contributed by atoms with Crippen molar-refractivity contribution in [2.45, 2.75) is 65.7 Å². The number of rotatable bonds is 9. The lowest BCUT2D eigenvalue weighted by atomic mass is 9.95. The summed E-state index contributed by atoms with van der Waals surface area (Å²) in [6.07, 6.45) is 1.32. The number of nitrogens with zero attached hydrogens (tertiary/aromatic N) is 2. The fourth-order valence-electron chi connectivity index (χ4n) is 3.24. The normalized spacial score (nSPS) is 11.7. The molecule has 2 rings (SSSR count). The molecular weight excluding hydrogens is 392 g/mol. The highest BCUT2D eigenvalue weighted by atomic mass is 32.2. The maximum Gasteiger partial charge on any atom is 0.241 e. The Morgan fingerprint density at radius 2 is 1.52 bits per heavy atom. The second-order valence-electron chi connectivity index (χ2n) is 7.29. The lowest BCUT2D eigenvalue weighted by molar-refractivity contribution is -0.120. The average molecular weight is 423 g/mol. The van der Waals surface area contributed by atoms with Crippen molar-refractivity contribution in [2.24, 2.45) is 0 Å². The quantitative estimate of drug-likeness (QED) is 0.600. The second-order valence-corrected chi connectivity index (χ2v) is 8.99. The Morgan fingerprint density at radius 1 is 0.931 bits per heavy atom. The zero-order chi connectivity index (χ0) is 21.8. The first-order valence-corrected chi connectivity index (χ1v) is 11.2. The molecule has 0 fully saturated rings. The highest BCUT2D eigenvalue weighted by Crippen LogP contribution is 2.29. The second kappa shape index (κ2) is 9.49. The van der Waals surface area contributed by atoms with Gasteiger partial charge in [0.1, 0.15) is 0 Å². The summed E-state index contributed by atoms with van der Waals surface area (Å²) in [5, 5.41) is 6.48. The summed E-state index contributed by atoms with van der Waals surface area (Å²) >= 11 is 0. The van der Waals surface area contributed by atoms with Gasteiger partial charge in [-0.05, 0) is 75.8 Å². The van der Waals surface area contributed by atoms with Crippen LogP contribution in [-0.4, -0.2) is 37.6 Å². The van der Waals surface area contributed by atoms with E-state index in [1.165, 1.54) is 0 Å². The zero-order valence-electron chi connectivity index (χ0n) is 18.0. The number of hydrogen-bond acceptors (Lipinski definition) is 6. The number of nitrogens with one attached hydrogen (secondary N) is 2. The molecule has 0 atom stereocenters. The van der Waals surface area contributed by atoms with Crippen molar-refractivity contribution >= 4 is 15.9 Å². The van der Waals surface area contributed by atoms with Gasteiger partial charge in [-0.25, -0.2) is 13.1 Å². The molecule has 2 N–H and O–H groups in total. The van der Waals surface area contributed by atoms with Gasteiger partial charge in [-0.2, -0.15) is 4.98 Å². The molecule has 0 bridgehead atoms. The van der Waals surface area contributed by atoms with Gasteiger partial charge < -0.3 is 9.84 Å².